The van der Waals surface area contributed by atoms with E-state index < -0.39 is 21.8 Å². The molecular formula is C12H15N3O5S. The summed E-state index contributed by atoms with van der Waals surface area (Å²) in [5.74, 6) is -1.47. The lowest BCUT2D eigenvalue weighted by molar-refractivity contribution is -0.116. The molecule has 1 aromatic heterocycles. The van der Waals surface area contributed by atoms with Crippen molar-refractivity contribution in [3.8, 4) is 0 Å². The third-order valence-electron chi connectivity index (χ3n) is 3.00. The number of sulfone groups is 1. The molecule has 0 bridgehead atoms. The van der Waals surface area contributed by atoms with Crippen LogP contribution in [0.3, 0.4) is 0 Å². The van der Waals surface area contributed by atoms with Gasteiger partial charge in [-0.3, -0.25) is 4.79 Å². The number of carboxylic acid groups (broad SMARTS) is 1. The third kappa shape index (κ3) is 4.50. The molecule has 1 saturated heterocycles. The number of hydrogen-bond donors (Lipinski definition) is 3. The van der Waals surface area contributed by atoms with E-state index >= 15 is 0 Å². The number of aromatic nitrogens is 1. The standard InChI is InChI=1S/C12H15N3O5S/c16-11(5-9-7-21(19,20)4-3-13-9)15-8-1-2-10(12(17)18)14-6-8/h1-2,6,9,13H,3-5,7H2,(H,15,16)(H,17,18). The molecule has 1 unspecified atom stereocenters. The van der Waals surface area contributed by atoms with Crippen LogP contribution in [0.5, 0.6) is 0 Å². The Balaban J connectivity index is 1.91. The minimum atomic E-state index is -3.09. The van der Waals surface area contributed by atoms with Crippen LogP contribution in [0, 0.1) is 0 Å². The fourth-order valence-electron chi connectivity index (χ4n) is 2.03. The molecule has 0 saturated carbocycles. The van der Waals surface area contributed by atoms with E-state index in [1.54, 1.807) is 0 Å². The predicted molar refractivity (Wildman–Crippen MR) is 74.9 cm³/mol. The molecule has 2 rings (SSSR count). The Morgan fingerprint density at radius 3 is 2.76 bits per heavy atom. The van der Waals surface area contributed by atoms with Crippen LogP contribution in [0.15, 0.2) is 18.3 Å². The molecule has 21 heavy (non-hydrogen) atoms. The molecule has 1 aromatic rings. The molecule has 1 aliphatic rings. The van der Waals surface area contributed by atoms with Crippen LogP contribution in [0.4, 0.5) is 5.69 Å². The summed E-state index contributed by atoms with van der Waals surface area (Å²) in [6.45, 7) is 0.342. The van der Waals surface area contributed by atoms with Crippen LogP contribution in [-0.4, -0.2) is 54.5 Å². The second-order valence-corrected chi connectivity index (χ2v) is 6.98. The number of carbonyl (C=O) groups excluding carboxylic acids is 1. The zero-order valence-electron chi connectivity index (χ0n) is 11.1. The number of amides is 1. The van der Waals surface area contributed by atoms with Gasteiger partial charge in [-0.05, 0) is 12.1 Å². The molecule has 1 aliphatic heterocycles. The maximum absolute atomic E-state index is 11.8. The van der Waals surface area contributed by atoms with Crippen LogP contribution < -0.4 is 10.6 Å². The van der Waals surface area contributed by atoms with Gasteiger partial charge in [0.25, 0.3) is 0 Å². The zero-order valence-corrected chi connectivity index (χ0v) is 11.9. The molecule has 9 heteroatoms. The van der Waals surface area contributed by atoms with Crippen LogP contribution in [0.1, 0.15) is 16.9 Å². The maximum atomic E-state index is 11.8. The van der Waals surface area contributed by atoms with Crippen molar-refractivity contribution in [1.82, 2.24) is 10.3 Å². The van der Waals surface area contributed by atoms with Gasteiger partial charge in [0.05, 0.1) is 23.4 Å². The van der Waals surface area contributed by atoms with Crippen LogP contribution in [0.2, 0.25) is 0 Å². The number of carboxylic acids is 1. The lowest BCUT2D eigenvalue weighted by Crippen LogP contribution is -2.46. The summed E-state index contributed by atoms with van der Waals surface area (Å²) in [4.78, 5) is 26.1. The van der Waals surface area contributed by atoms with Gasteiger partial charge in [0.15, 0.2) is 9.84 Å². The Hall–Kier alpha value is -2.00. The van der Waals surface area contributed by atoms with Crippen LogP contribution >= 0.6 is 0 Å². The van der Waals surface area contributed by atoms with Crippen molar-refractivity contribution in [2.45, 2.75) is 12.5 Å². The Bertz CT molecular complexity index is 641. The smallest absolute Gasteiger partial charge is 0.354 e. The van der Waals surface area contributed by atoms with Crippen LogP contribution in [0.25, 0.3) is 0 Å². The van der Waals surface area contributed by atoms with Crippen molar-refractivity contribution in [2.24, 2.45) is 0 Å². The number of hydrogen-bond acceptors (Lipinski definition) is 6. The van der Waals surface area contributed by atoms with Crippen molar-refractivity contribution >= 4 is 27.4 Å². The third-order valence-corrected chi connectivity index (χ3v) is 4.74. The first-order valence-corrected chi connectivity index (χ1v) is 8.11. The normalized spacial score (nSPS) is 20.7. The molecule has 1 atom stereocenters. The predicted octanol–water partition coefficient (Wildman–Crippen LogP) is -0.505. The number of carbonyl (C=O) groups is 2. The van der Waals surface area contributed by atoms with E-state index in [1.807, 2.05) is 0 Å². The lowest BCUT2D eigenvalue weighted by atomic mass is 10.2. The number of nitrogens with zero attached hydrogens (tertiary/aromatic N) is 1. The Morgan fingerprint density at radius 2 is 2.19 bits per heavy atom. The number of anilines is 1. The number of rotatable bonds is 4. The van der Waals surface area contributed by atoms with Crippen molar-refractivity contribution in [2.75, 3.05) is 23.4 Å². The van der Waals surface area contributed by atoms with E-state index in [4.69, 9.17) is 5.11 Å². The fraction of sp³-hybridized carbons (Fsp3) is 0.417. The van der Waals surface area contributed by atoms with Gasteiger partial charge in [-0.1, -0.05) is 0 Å². The fourth-order valence-corrected chi connectivity index (χ4v) is 3.47. The van der Waals surface area contributed by atoms with E-state index in [0.717, 1.165) is 0 Å². The molecule has 3 N–H and O–H groups in total. The Kier molecular flexibility index (Phi) is 4.53. The molecule has 1 fully saturated rings. The molecule has 8 nitrogen and oxygen atoms in total. The highest BCUT2D eigenvalue weighted by Crippen LogP contribution is 2.09. The molecule has 0 radical (unpaired) electrons. The minimum Gasteiger partial charge on any atom is -0.477 e. The summed E-state index contributed by atoms with van der Waals surface area (Å²) in [5, 5.41) is 14.2. The van der Waals surface area contributed by atoms with Crippen molar-refractivity contribution < 1.29 is 23.1 Å². The number of aromatic carboxylic acids is 1. The Morgan fingerprint density at radius 1 is 1.43 bits per heavy atom. The summed E-state index contributed by atoms with van der Waals surface area (Å²) in [6.07, 6.45) is 1.27. The average molecular weight is 313 g/mol. The molecule has 2 heterocycles. The minimum absolute atomic E-state index is 0.0277. The summed E-state index contributed by atoms with van der Waals surface area (Å²) >= 11 is 0. The van der Waals surface area contributed by atoms with E-state index in [9.17, 15) is 18.0 Å². The summed E-state index contributed by atoms with van der Waals surface area (Å²) in [6, 6.07) is 2.30. The topological polar surface area (TPSA) is 125 Å². The van der Waals surface area contributed by atoms with Gasteiger partial charge in [0.1, 0.15) is 5.69 Å². The maximum Gasteiger partial charge on any atom is 0.354 e. The molecule has 0 aliphatic carbocycles. The second-order valence-electron chi connectivity index (χ2n) is 4.75. The van der Waals surface area contributed by atoms with Gasteiger partial charge in [0, 0.05) is 19.0 Å². The summed E-state index contributed by atoms with van der Waals surface area (Å²) in [5.41, 5.74) is 0.247. The van der Waals surface area contributed by atoms with E-state index in [-0.39, 0.29) is 29.5 Å². The van der Waals surface area contributed by atoms with Gasteiger partial charge >= 0.3 is 5.97 Å². The highest BCUT2D eigenvalue weighted by atomic mass is 32.2. The first-order valence-electron chi connectivity index (χ1n) is 6.29. The summed E-state index contributed by atoms with van der Waals surface area (Å²) < 4.78 is 22.9. The van der Waals surface area contributed by atoms with Gasteiger partial charge in [-0.25, -0.2) is 18.2 Å². The van der Waals surface area contributed by atoms with Gasteiger partial charge < -0.3 is 15.7 Å². The highest BCUT2D eigenvalue weighted by molar-refractivity contribution is 7.91. The molecule has 0 spiro atoms. The molecule has 1 amide bonds. The second kappa shape index (κ2) is 6.19. The number of pyridine rings is 1. The quantitative estimate of drug-likeness (QED) is 0.684. The highest BCUT2D eigenvalue weighted by Gasteiger charge is 2.25. The van der Waals surface area contributed by atoms with E-state index in [1.165, 1.54) is 18.3 Å². The monoisotopic (exact) mass is 313 g/mol. The van der Waals surface area contributed by atoms with E-state index in [2.05, 4.69) is 15.6 Å². The van der Waals surface area contributed by atoms with Gasteiger partial charge in [-0.15, -0.1) is 0 Å². The van der Waals surface area contributed by atoms with Crippen LogP contribution in [-0.2, 0) is 14.6 Å². The van der Waals surface area contributed by atoms with Gasteiger partial charge in [0.2, 0.25) is 5.91 Å². The Labute approximate surface area is 121 Å². The van der Waals surface area contributed by atoms with Crippen molar-refractivity contribution in [3.05, 3.63) is 24.0 Å². The van der Waals surface area contributed by atoms with E-state index in [0.29, 0.717) is 12.2 Å². The summed E-state index contributed by atoms with van der Waals surface area (Å²) in [7, 11) is -3.09. The molecule has 0 aromatic carbocycles. The zero-order chi connectivity index (χ0) is 15.5. The van der Waals surface area contributed by atoms with Crippen molar-refractivity contribution in [1.29, 1.82) is 0 Å². The first-order chi connectivity index (χ1) is 9.85. The lowest BCUT2D eigenvalue weighted by Gasteiger charge is -2.23. The SMILES string of the molecule is O=C(CC1CS(=O)(=O)CCN1)Nc1ccc(C(=O)O)nc1. The van der Waals surface area contributed by atoms with Crippen molar-refractivity contribution in [3.63, 3.8) is 0 Å². The first kappa shape index (κ1) is 15.4. The largest absolute Gasteiger partial charge is 0.477 e. The number of nitrogens with one attached hydrogen (secondary N) is 2. The van der Waals surface area contributed by atoms with Gasteiger partial charge in [-0.2, -0.15) is 0 Å². The molecule has 114 valence electrons. The molecular weight excluding hydrogens is 298 g/mol. The average Bonchev–Trinajstić information content (AvgIpc) is 2.37.